The van der Waals surface area contributed by atoms with Crippen LogP contribution in [0.15, 0.2) is 67.3 Å². The molecule has 1 amide bonds. The third-order valence-corrected chi connectivity index (χ3v) is 4.28. The van der Waals surface area contributed by atoms with Crippen molar-refractivity contribution in [1.82, 2.24) is 19.7 Å². The zero-order chi connectivity index (χ0) is 20.2. The molecule has 144 valence electrons. The number of nitrogens with one attached hydrogen (secondary N) is 1. The van der Waals surface area contributed by atoms with Gasteiger partial charge in [0.2, 0.25) is 0 Å². The van der Waals surface area contributed by atoms with Gasteiger partial charge in [-0.15, -0.1) is 0 Å². The third-order valence-electron chi connectivity index (χ3n) is 4.04. The van der Waals surface area contributed by atoms with Crippen molar-refractivity contribution in [2.45, 2.75) is 0 Å². The molecule has 0 aliphatic rings. The molecule has 0 bridgehead atoms. The largest absolute Gasteiger partial charge is 0.451 e. The van der Waals surface area contributed by atoms with Gasteiger partial charge < -0.3 is 10.1 Å². The Labute approximate surface area is 170 Å². The Balaban J connectivity index is 1.44. The highest BCUT2D eigenvalue weighted by molar-refractivity contribution is 6.31. The Kier molecular flexibility index (Phi) is 5.17. The first kappa shape index (κ1) is 18.6. The van der Waals surface area contributed by atoms with Gasteiger partial charge in [0.05, 0.1) is 16.9 Å². The molecule has 0 fully saturated rings. The minimum Gasteiger partial charge on any atom is -0.451 e. The number of halogens is 1. The summed E-state index contributed by atoms with van der Waals surface area (Å²) in [7, 11) is 0. The van der Waals surface area contributed by atoms with E-state index < -0.39 is 18.5 Å². The fourth-order valence-corrected chi connectivity index (χ4v) is 2.88. The van der Waals surface area contributed by atoms with E-state index in [1.165, 1.54) is 17.3 Å². The molecular weight excluding hydrogens is 394 g/mol. The van der Waals surface area contributed by atoms with Crippen molar-refractivity contribution in [3.63, 3.8) is 0 Å². The Hall–Kier alpha value is -3.78. The Bertz CT molecular complexity index is 1190. The highest BCUT2D eigenvalue weighted by Gasteiger charge is 2.14. The number of fused-ring (bicyclic) bond motifs is 1. The molecule has 2 heterocycles. The molecule has 0 spiro atoms. The smallest absolute Gasteiger partial charge is 0.357 e. The van der Waals surface area contributed by atoms with Crippen LogP contribution in [0.3, 0.4) is 0 Å². The van der Waals surface area contributed by atoms with Crippen LogP contribution >= 0.6 is 11.6 Å². The maximum absolute atomic E-state index is 12.3. The standard InChI is InChI=1S/C20H14ClN5O3/c21-14-6-8-18(26-12-22-11-23-26)17(9-14)25-19(27)10-29-20(28)16-7-5-13-3-1-2-4-15(13)24-16/h1-9,11-12H,10H2,(H,25,27). The van der Waals surface area contributed by atoms with Gasteiger partial charge in [0.1, 0.15) is 18.3 Å². The molecule has 8 nitrogen and oxygen atoms in total. The number of rotatable bonds is 5. The zero-order valence-corrected chi connectivity index (χ0v) is 15.7. The van der Waals surface area contributed by atoms with Crippen LogP contribution in [0.4, 0.5) is 5.69 Å². The molecular formula is C20H14ClN5O3. The van der Waals surface area contributed by atoms with Gasteiger partial charge in [0.15, 0.2) is 6.61 Å². The van der Waals surface area contributed by atoms with Crippen molar-refractivity contribution < 1.29 is 14.3 Å². The molecule has 9 heteroatoms. The van der Waals surface area contributed by atoms with E-state index in [-0.39, 0.29) is 5.69 Å². The number of esters is 1. The van der Waals surface area contributed by atoms with Gasteiger partial charge in [-0.2, -0.15) is 5.10 Å². The number of hydrogen-bond acceptors (Lipinski definition) is 6. The van der Waals surface area contributed by atoms with Crippen LogP contribution in [0.2, 0.25) is 5.02 Å². The average molecular weight is 408 g/mol. The van der Waals surface area contributed by atoms with Crippen molar-refractivity contribution in [3.8, 4) is 5.69 Å². The molecule has 2 aromatic carbocycles. The van der Waals surface area contributed by atoms with Gasteiger partial charge in [-0.3, -0.25) is 4.79 Å². The number of nitrogens with zero attached hydrogens (tertiary/aromatic N) is 4. The number of ether oxygens (including phenoxy) is 1. The predicted octanol–water partition coefficient (Wildman–Crippen LogP) is 3.26. The van der Waals surface area contributed by atoms with Crippen LogP contribution in [0.5, 0.6) is 0 Å². The second-order valence-corrected chi connectivity index (χ2v) is 6.45. The Morgan fingerprint density at radius 2 is 1.97 bits per heavy atom. The molecule has 4 rings (SSSR count). The summed E-state index contributed by atoms with van der Waals surface area (Å²) in [5.74, 6) is -1.21. The van der Waals surface area contributed by atoms with E-state index in [1.807, 2.05) is 18.2 Å². The van der Waals surface area contributed by atoms with E-state index in [0.717, 1.165) is 5.39 Å². The van der Waals surface area contributed by atoms with Crippen LogP contribution in [0.25, 0.3) is 16.6 Å². The summed E-state index contributed by atoms with van der Waals surface area (Å²) < 4.78 is 6.57. The number of benzene rings is 2. The fraction of sp³-hybridized carbons (Fsp3) is 0.0500. The van der Waals surface area contributed by atoms with Gasteiger partial charge in [-0.05, 0) is 30.3 Å². The second kappa shape index (κ2) is 8.07. The Morgan fingerprint density at radius 1 is 1.10 bits per heavy atom. The lowest BCUT2D eigenvalue weighted by Gasteiger charge is -2.11. The topological polar surface area (TPSA) is 99.0 Å². The average Bonchev–Trinajstić information content (AvgIpc) is 3.26. The van der Waals surface area contributed by atoms with E-state index in [1.54, 1.807) is 36.4 Å². The summed E-state index contributed by atoms with van der Waals surface area (Å²) in [6, 6.07) is 15.7. The molecule has 4 aromatic rings. The molecule has 29 heavy (non-hydrogen) atoms. The second-order valence-electron chi connectivity index (χ2n) is 6.02. The number of pyridine rings is 1. The maximum atomic E-state index is 12.3. The van der Waals surface area contributed by atoms with E-state index in [4.69, 9.17) is 16.3 Å². The first-order chi connectivity index (χ1) is 14.1. The number of anilines is 1. The first-order valence-corrected chi connectivity index (χ1v) is 8.95. The lowest BCUT2D eigenvalue weighted by molar-refractivity contribution is -0.119. The number of aromatic nitrogens is 4. The minimum atomic E-state index is -0.687. The van der Waals surface area contributed by atoms with E-state index >= 15 is 0 Å². The van der Waals surface area contributed by atoms with Crippen molar-refractivity contribution in [3.05, 3.63) is 78.0 Å². The van der Waals surface area contributed by atoms with Crippen LogP contribution in [-0.2, 0) is 9.53 Å². The zero-order valence-electron chi connectivity index (χ0n) is 14.9. The summed E-state index contributed by atoms with van der Waals surface area (Å²) in [6.45, 7) is -0.476. The van der Waals surface area contributed by atoms with Crippen molar-refractivity contribution >= 4 is 40.1 Å². The molecule has 0 unspecified atom stereocenters. The number of carbonyl (C=O) groups is 2. The number of hydrogen-bond donors (Lipinski definition) is 1. The van der Waals surface area contributed by atoms with Gasteiger partial charge in [-0.25, -0.2) is 19.4 Å². The number of amides is 1. The summed E-state index contributed by atoms with van der Waals surface area (Å²) in [4.78, 5) is 32.7. The van der Waals surface area contributed by atoms with E-state index in [9.17, 15) is 9.59 Å². The third kappa shape index (κ3) is 4.22. The van der Waals surface area contributed by atoms with Crippen molar-refractivity contribution in [1.29, 1.82) is 0 Å². The number of carbonyl (C=O) groups excluding carboxylic acids is 2. The molecule has 0 saturated carbocycles. The van der Waals surface area contributed by atoms with Crippen molar-refractivity contribution in [2.24, 2.45) is 0 Å². The quantitative estimate of drug-likeness (QED) is 0.510. The summed E-state index contributed by atoms with van der Waals surface area (Å²) >= 11 is 6.03. The molecule has 0 aliphatic heterocycles. The van der Waals surface area contributed by atoms with Crippen LogP contribution in [0, 0.1) is 0 Å². The van der Waals surface area contributed by atoms with E-state index in [2.05, 4.69) is 20.4 Å². The molecule has 2 aromatic heterocycles. The monoisotopic (exact) mass is 407 g/mol. The summed E-state index contributed by atoms with van der Waals surface area (Å²) in [5, 5.41) is 8.04. The highest BCUT2D eigenvalue weighted by atomic mass is 35.5. The highest BCUT2D eigenvalue weighted by Crippen LogP contribution is 2.24. The summed E-state index contributed by atoms with van der Waals surface area (Å²) in [6.07, 6.45) is 2.86. The lowest BCUT2D eigenvalue weighted by atomic mass is 10.2. The number of para-hydroxylation sites is 1. The van der Waals surface area contributed by atoms with Crippen LogP contribution in [0.1, 0.15) is 10.5 Å². The van der Waals surface area contributed by atoms with Gasteiger partial charge in [-0.1, -0.05) is 35.9 Å². The first-order valence-electron chi connectivity index (χ1n) is 8.57. The van der Waals surface area contributed by atoms with Gasteiger partial charge in [0.25, 0.3) is 5.91 Å². The van der Waals surface area contributed by atoms with Crippen LogP contribution < -0.4 is 5.32 Å². The van der Waals surface area contributed by atoms with Crippen molar-refractivity contribution in [2.75, 3.05) is 11.9 Å². The predicted molar refractivity (Wildman–Crippen MR) is 107 cm³/mol. The summed E-state index contributed by atoms with van der Waals surface area (Å²) in [5.41, 5.74) is 1.78. The molecule has 0 radical (unpaired) electrons. The minimum absolute atomic E-state index is 0.127. The SMILES string of the molecule is O=C(COC(=O)c1ccc2ccccc2n1)Nc1cc(Cl)ccc1-n1cncn1. The van der Waals surface area contributed by atoms with Gasteiger partial charge in [0, 0.05) is 10.4 Å². The molecule has 0 aliphatic carbocycles. The molecule has 1 N–H and O–H groups in total. The lowest BCUT2D eigenvalue weighted by Crippen LogP contribution is -2.22. The normalized spacial score (nSPS) is 10.7. The van der Waals surface area contributed by atoms with Crippen LogP contribution in [-0.4, -0.2) is 38.2 Å². The van der Waals surface area contributed by atoms with E-state index in [0.29, 0.717) is 21.9 Å². The Morgan fingerprint density at radius 3 is 2.79 bits per heavy atom. The maximum Gasteiger partial charge on any atom is 0.357 e. The molecule has 0 atom stereocenters. The molecule has 0 saturated heterocycles. The fourth-order valence-electron chi connectivity index (χ4n) is 2.71. The van der Waals surface area contributed by atoms with Gasteiger partial charge >= 0.3 is 5.97 Å².